The van der Waals surface area contributed by atoms with Gasteiger partial charge in [0.1, 0.15) is 0 Å². The van der Waals surface area contributed by atoms with Gasteiger partial charge in [-0.1, -0.05) is 0 Å². The fourth-order valence-corrected chi connectivity index (χ4v) is 0. The Balaban J connectivity index is 0. The van der Waals surface area contributed by atoms with E-state index in [0.717, 1.165) is 0 Å². The van der Waals surface area contributed by atoms with Gasteiger partial charge in [0.25, 0.3) is 0 Å². The Kier molecular flexibility index (Phi) is 23.8. The highest BCUT2D eigenvalue weighted by Crippen LogP contribution is 1.14. The summed E-state index contributed by atoms with van der Waals surface area (Å²) in [6, 6.07) is 0. The van der Waals surface area contributed by atoms with E-state index in [4.69, 9.17) is 0 Å². The van der Waals surface area contributed by atoms with Crippen LogP contribution in [0, 0.1) is 0 Å². The van der Waals surface area contributed by atoms with Crippen molar-refractivity contribution >= 4 is 0 Å². The first kappa shape index (κ1) is 8.88. The van der Waals surface area contributed by atoms with Crippen LogP contribution >= 0.6 is 0 Å². The molecule has 0 bridgehead atoms. The van der Waals surface area contributed by atoms with Gasteiger partial charge in [-0.25, -0.2) is 5.90 Å². The molecule has 0 saturated heterocycles. The second kappa shape index (κ2) is 10.7. The van der Waals surface area contributed by atoms with Crippen molar-refractivity contribution in [1.29, 1.82) is 0 Å². The molecule has 0 amide bonds. The van der Waals surface area contributed by atoms with Crippen molar-refractivity contribution in [2.24, 2.45) is 5.90 Å². The summed E-state index contributed by atoms with van der Waals surface area (Å²) < 4.78 is 0. The summed E-state index contributed by atoms with van der Waals surface area (Å²) in [4.78, 5) is 3.75. The predicted molar refractivity (Wildman–Crippen MR) is 11.2 cm³/mol. The lowest BCUT2D eigenvalue weighted by Gasteiger charge is -1.62. The van der Waals surface area contributed by atoms with Gasteiger partial charge in [-0.05, 0) is 0 Å². The maximum Gasteiger partial charge on any atom is 0.0569 e. The minimum absolute atomic E-state index is 0. The summed E-state index contributed by atoms with van der Waals surface area (Å²) >= 11 is 0. The van der Waals surface area contributed by atoms with Crippen molar-refractivity contribution in [2.75, 3.05) is 7.11 Å². The van der Waals surface area contributed by atoms with Crippen LogP contribution in [-0.4, -0.2) is 7.11 Å². The first-order chi connectivity index (χ1) is 1.41. The minimum atomic E-state index is 0. The van der Waals surface area contributed by atoms with E-state index in [-0.39, 0.29) is 12.4 Å². The second-order valence-corrected chi connectivity index (χ2v) is 0.236. The lowest BCUT2D eigenvalue weighted by molar-refractivity contribution is -0.000000941. The van der Waals surface area contributed by atoms with Gasteiger partial charge in [0.15, 0.2) is 0 Å². The zero-order valence-electron chi connectivity index (χ0n) is 2.36. The SMILES string of the molecule is CON.[Cl-]. The molecule has 0 unspecified atom stereocenters. The molecule has 28 valence electrons. The van der Waals surface area contributed by atoms with Crippen LogP contribution in [-0.2, 0) is 4.84 Å². The number of hydrogen-bond acceptors (Lipinski definition) is 2. The fourth-order valence-electron chi connectivity index (χ4n) is 0. The molecule has 0 heterocycles. The summed E-state index contributed by atoms with van der Waals surface area (Å²) in [6.45, 7) is 0. The highest BCUT2D eigenvalue weighted by Gasteiger charge is 1.23. The molecule has 3 heteroatoms. The average molecular weight is 82.5 g/mol. The third-order valence-corrected chi connectivity index (χ3v) is 0. The Bertz CT molecular complexity index is 8.00. The van der Waals surface area contributed by atoms with E-state index in [1.165, 1.54) is 7.11 Å². The largest absolute Gasteiger partial charge is 1.00 e. The van der Waals surface area contributed by atoms with Gasteiger partial charge < -0.3 is 17.2 Å². The molecular formula is CH5ClNO-. The summed E-state index contributed by atoms with van der Waals surface area (Å²) in [5.74, 6) is 4.35. The molecular weight excluding hydrogens is 77.5 g/mol. The van der Waals surface area contributed by atoms with Gasteiger partial charge >= 0.3 is 0 Å². The van der Waals surface area contributed by atoms with Gasteiger partial charge in [-0.2, -0.15) is 0 Å². The highest BCUT2D eigenvalue weighted by molar-refractivity contribution is 3.43. The zero-order chi connectivity index (χ0) is 2.71. The molecule has 0 aromatic rings. The normalized spacial score (nSPS) is 4.50. The predicted octanol–water partition coefficient (Wildman–Crippen LogP) is -3.49. The standard InChI is InChI=1S/CH5NO.ClH/c1-3-2;/h2H2,1H3;1H/p-1. The molecule has 0 aliphatic carbocycles. The van der Waals surface area contributed by atoms with Gasteiger partial charge in [0, 0.05) is 0 Å². The Labute approximate surface area is 31.3 Å². The molecule has 0 aliphatic heterocycles. The van der Waals surface area contributed by atoms with Crippen molar-refractivity contribution in [3.63, 3.8) is 0 Å². The van der Waals surface area contributed by atoms with Crippen molar-refractivity contribution in [3.8, 4) is 0 Å². The fraction of sp³-hybridized carbons (Fsp3) is 1.00. The van der Waals surface area contributed by atoms with Crippen molar-refractivity contribution in [2.45, 2.75) is 0 Å². The van der Waals surface area contributed by atoms with Crippen LogP contribution in [0.25, 0.3) is 0 Å². The molecule has 0 aliphatic rings. The summed E-state index contributed by atoms with van der Waals surface area (Å²) in [5, 5.41) is 0. The second-order valence-electron chi connectivity index (χ2n) is 0.236. The Morgan fingerprint density at radius 2 is 1.75 bits per heavy atom. The van der Waals surface area contributed by atoms with Gasteiger partial charge in [0.05, 0.1) is 7.11 Å². The molecule has 0 aromatic carbocycles. The molecule has 2 N–H and O–H groups in total. The Morgan fingerprint density at radius 1 is 1.75 bits per heavy atom. The van der Waals surface area contributed by atoms with E-state index in [1.54, 1.807) is 0 Å². The minimum Gasteiger partial charge on any atom is -1.00 e. The zero-order valence-corrected chi connectivity index (χ0v) is 3.12. The monoisotopic (exact) mass is 82.0 g/mol. The van der Waals surface area contributed by atoms with Crippen LogP contribution in [0.1, 0.15) is 0 Å². The van der Waals surface area contributed by atoms with E-state index in [0.29, 0.717) is 0 Å². The number of nitrogens with two attached hydrogens (primary N) is 1. The van der Waals surface area contributed by atoms with Crippen LogP contribution < -0.4 is 18.3 Å². The lowest BCUT2D eigenvalue weighted by Crippen LogP contribution is -3.00. The number of rotatable bonds is 0. The van der Waals surface area contributed by atoms with Gasteiger partial charge in [-0.3, -0.25) is 0 Å². The third kappa shape index (κ3) is 73.4. The molecule has 0 aromatic heterocycles. The van der Waals surface area contributed by atoms with Crippen molar-refractivity contribution in [1.82, 2.24) is 0 Å². The van der Waals surface area contributed by atoms with Gasteiger partial charge in [-0.15, -0.1) is 0 Å². The molecule has 0 saturated carbocycles. The van der Waals surface area contributed by atoms with Crippen LogP contribution in [0.15, 0.2) is 0 Å². The molecule has 0 fully saturated rings. The van der Waals surface area contributed by atoms with Crippen LogP contribution in [0.3, 0.4) is 0 Å². The summed E-state index contributed by atoms with van der Waals surface area (Å²) in [7, 11) is 1.40. The van der Waals surface area contributed by atoms with E-state index < -0.39 is 0 Å². The maximum atomic E-state index is 4.35. The average Bonchev–Trinajstić information content (AvgIpc) is 0.918. The van der Waals surface area contributed by atoms with Crippen LogP contribution in [0.4, 0.5) is 0 Å². The highest BCUT2D eigenvalue weighted by atomic mass is 35.5. The summed E-state index contributed by atoms with van der Waals surface area (Å²) in [6.07, 6.45) is 0. The molecule has 2 nitrogen and oxygen atoms in total. The third-order valence-electron chi connectivity index (χ3n) is 0. The number of halogens is 1. The lowest BCUT2D eigenvalue weighted by atomic mass is 11.7. The van der Waals surface area contributed by atoms with Crippen LogP contribution in [0.5, 0.6) is 0 Å². The Hall–Kier alpha value is 0.210. The van der Waals surface area contributed by atoms with Crippen LogP contribution in [0.2, 0.25) is 0 Å². The first-order valence-electron chi connectivity index (χ1n) is 0.644. The Morgan fingerprint density at radius 3 is 1.75 bits per heavy atom. The van der Waals surface area contributed by atoms with E-state index in [2.05, 4.69) is 10.7 Å². The van der Waals surface area contributed by atoms with Crippen molar-refractivity contribution < 1.29 is 17.2 Å². The molecule has 0 rings (SSSR count). The topological polar surface area (TPSA) is 35.2 Å². The van der Waals surface area contributed by atoms with E-state index in [1.807, 2.05) is 0 Å². The number of hydrogen-bond donors (Lipinski definition) is 1. The molecule has 0 spiro atoms. The van der Waals surface area contributed by atoms with Crippen molar-refractivity contribution in [3.05, 3.63) is 0 Å². The molecule has 0 radical (unpaired) electrons. The smallest absolute Gasteiger partial charge is 0.0569 e. The first-order valence-corrected chi connectivity index (χ1v) is 0.644. The molecule has 0 atom stereocenters. The van der Waals surface area contributed by atoms with E-state index in [9.17, 15) is 0 Å². The van der Waals surface area contributed by atoms with Gasteiger partial charge in [0.2, 0.25) is 0 Å². The summed E-state index contributed by atoms with van der Waals surface area (Å²) in [5.41, 5.74) is 0. The van der Waals surface area contributed by atoms with E-state index >= 15 is 0 Å². The maximum absolute atomic E-state index is 4.35. The quantitative estimate of drug-likeness (QED) is 0.308. The molecule has 4 heavy (non-hydrogen) atoms.